The normalized spacial score (nSPS) is 16.5. The van der Waals surface area contributed by atoms with E-state index in [1.807, 2.05) is 35.7 Å². The maximum absolute atomic E-state index is 11.5. The van der Waals surface area contributed by atoms with Crippen LogP contribution in [-0.4, -0.2) is 71.1 Å². The SMILES string of the molecule is CN(C)CCNC(=O)CCCCC1CCSS1.O=C(O)C=CC(=O)O. The Bertz CT molecular complexity index is 422. The molecule has 1 aliphatic heterocycles. The van der Waals surface area contributed by atoms with Gasteiger partial charge in [0.2, 0.25) is 5.91 Å². The summed E-state index contributed by atoms with van der Waals surface area (Å²) in [6.45, 7) is 1.68. The molecular weight excluding hydrogens is 364 g/mol. The minimum absolute atomic E-state index is 0.209. The molecule has 7 nitrogen and oxygen atoms in total. The summed E-state index contributed by atoms with van der Waals surface area (Å²) >= 11 is 0. The van der Waals surface area contributed by atoms with E-state index in [-0.39, 0.29) is 5.91 Å². The molecule has 0 aromatic heterocycles. The highest BCUT2D eigenvalue weighted by Crippen LogP contribution is 2.39. The summed E-state index contributed by atoms with van der Waals surface area (Å²) in [5, 5.41) is 19.4. The minimum atomic E-state index is -1.26. The van der Waals surface area contributed by atoms with Gasteiger partial charge in [0.25, 0.3) is 0 Å². The van der Waals surface area contributed by atoms with Gasteiger partial charge >= 0.3 is 11.9 Å². The van der Waals surface area contributed by atoms with E-state index in [9.17, 15) is 14.4 Å². The number of aliphatic carboxylic acids is 2. The van der Waals surface area contributed by atoms with Crippen molar-refractivity contribution in [2.75, 3.05) is 32.9 Å². The van der Waals surface area contributed by atoms with E-state index in [1.165, 1.54) is 25.0 Å². The maximum atomic E-state index is 11.5. The number of carboxylic acids is 2. The molecule has 3 N–H and O–H groups in total. The van der Waals surface area contributed by atoms with Gasteiger partial charge in [0.15, 0.2) is 0 Å². The summed E-state index contributed by atoms with van der Waals surface area (Å²) in [4.78, 5) is 32.7. The number of rotatable bonds is 10. The van der Waals surface area contributed by atoms with Crippen molar-refractivity contribution in [1.82, 2.24) is 10.2 Å². The zero-order chi connectivity index (χ0) is 19.1. The van der Waals surface area contributed by atoms with Crippen LogP contribution in [0.2, 0.25) is 0 Å². The molecule has 0 bridgehead atoms. The van der Waals surface area contributed by atoms with Crippen LogP contribution in [0.4, 0.5) is 0 Å². The van der Waals surface area contributed by atoms with Gasteiger partial charge in [-0.1, -0.05) is 28.0 Å². The van der Waals surface area contributed by atoms with Crippen LogP contribution in [0.15, 0.2) is 12.2 Å². The molecule has 0 saturated carbocycles. The predicted molar refractivity (Wildman–Crippen MR) is 103 cm³/mol. The first-order chi connectivity index (χ1) is 11.8. The summed E-state index contributed by atoms with van der Waals surface area (Å²) in [6, 6.07) is 0. The maximum Gasteiger partial charge on any atom is 0.328 e. The van der Waals surface area contributed by atoms with Gasteiger partial charge in [-0.25, -0.2) is 9.59 Å². The Balaban J connectivity index is 0.000000609. The first kappa shape index (κ1) is 23.8. The number of likely N-dealkylation sites (N-methyl/N-ethyl adjacent to an activating group) is 1. The molecule has 144 valence electrons. The van der Waals surface area contributed by atoms with Gasteiger partial charge in [-0.05, 0) is 33.4 Å². The standard InChI is InChI=1S/C12H24N2OS2.C4H4O4/c1-14(2)9-8-13-12(15)6-4-3-5-11-7-10-16-17-11;5-3(6)1-2-4(7)8/h11H,3-10H2,1-2H3,(H,13,15);1-2H,(H,5,6)(H,7,8). The van der Waals surface area contributed by atoms with Crippen molar-refractivity contribution in [1.29, 1.82) is 0 Å². The fourth-order valence-electron chi connectivity index (χ4n) is 1.87. The molecular formula is C16H28N2O5S2. The number of unbranched alkanes of at least 4 members (excludes halogenated alkanes) is 1. The van der Waals surface area contributed by atoms with Crippen LogP contribution in [0.25, 0.3) is 0 Å². The molecule has 0 spiro atoms. The number of hydrogen-bond donors (Lipinski definition) is 3. The fraction of sp³-hybridized carbons (Fsp3) is 0.688. The summed E-state index contributed by atoms with van der Waals surface area (Å²) in [5.74, 6) is -1.000. The second-order valence-electron chi connectivity index (χ2n) is 5.74. The van der Waals surface area contributed by atoms with Gasteiger partial charge in [0.05, 0.1) is 0 Å². The van der Waals surface area contributed by atoms with Crippen molar-refractivity contribution in [3.63, 3.8) is 0 Å². The lowest BCUT2D eigenvalue weighted by atomic mass is 10.1. The smallest absolute Gasteiger partial charge is 0.328 e. The van der Waals surface area contributed by atoms with Crippen LogP contribution < -0.4 is 5.32 Å². The largest absolute Gasteiger partial charge is 0.478 e. The van der Waals surface area contributed by atoms with Crippen LogP contribution >= 0.6 is 21.6 Å². The Morgan fingerprint density at radius 3 is 2.28 bits per heavy atom. The second-order valence-corrected chi connectivity index (χ2v) is 8.53. The predicted octanol–water partition coefficient (Wildman–Crippen LogP) is 2.09. The molecule has 1 saturated heterocycles. The molecule has 1 aliphatic rings. The molecule has 25 heavy (non-hydrogen) atoms. The van der Waals surface area contributed by atoms with Crippen molar-refractivity contribution >= 4 is 39.4 Å². The zero-order valence-corrected chi connectivity index (χ0v) is 16.4. The van der Waals surface area contributed by atoms with Gasteiger partial charge in [0, 0.05) is 42.7 Å². The molecule has 0 aliphatic carbocycles. The topological polar surface area (TPSA) is 107 Å². The van der Waals surface area contributed by atoms with Gasteiger partial charge in [-0.2, -0.15) is 0 Å². The number of hydrogen-bond acceptors (Lipinski definition) is 6. The van der Waals surface area contributed by atoms with E-state index in [1.54, 1.807) is 0 Å². The van der Waals surface area contributed by atoms with Crippen molar-refractivity contribution in [2.24, 2.45) is 0 Å². The lowest BCUT2D eigenvalue weighted by molar-refractivity contribution is -0.134. The van der Waals surface area contributed by atoms with E-state index < -0.39 is 11.9 Å². The highest BCUT2D eigenvalue weighted by atomic mass is 33.1. The molecule has 1 amide bonds. The monoisotopic (exact) mass is 392 g/mol. The molecule has 9 heteroatoms. The number of carboxylic acid groups (broad SMARTS) is 2. The van der Waals surface area contributed by atoms with E-state index in [0.29, 0.717) is 18.6 Å². The zero-order valence-electron chi connectivity index (χ0n) is 14.8. The number of nitrogens with zero attached hydrogens (tertiary/aromatic N) is 1. The third kappa shape index (κ3) is 17.4. The van der Waals surface area contributed by atoms with Crippen molar-refractivity contribution < 1.29 is 24.6 Å². The molecule has 1 rings (SSSR count). The molecule has 1 atom stereocenters. The lowest BCUT2D eigenvalue weighted by Crippen LogP contribution is -2.31. The van der Waals surface area contributed by atoms with Crippen LogP contribution in [0.1, 0.15) is 32.1 Å². The van der Waals surface area contributed by atoms with Crippen LogP contribution in [0, 0.1) is 0 Å². The molecule has 1 heterocycles. The summed E-state index contributed by atoms with van der Waals surface area (Å²) < 4.78 is 0. The summed E-state index contributed by atoms with van der Waals surface area (Å²) in [6.07, 6.45) is 6.67. The van der Waals surface area contributed by atoms with Crippen LogP contribution in [0.3, 0.4) is 0 Å². The number of amides is 1. The quantitative estimate of drug-likeness (QED) is 0.295. The van der Waals surface area contributed by atoms with E-state index in [4.69, 9.17) is 10.2 Å². The van der Waals surface area contributed by atoms with E-state index in [2.05, 4.69) is 10.2 Å². The first-order valence-corrected chi connectivity index (χ1v) is 10.5. The van der Waals surface area contributed by atoms with E-state index >= 15 is 0 Å². The molecule has 0 aromatic carbocycles. The van der Waals surface area contributed by atoms with Gasteiger partial charge in [-0.3, -0.25) is 4.79 Å². The summed E-state index contributed by atoms with van der Waals surface area (Å²) in [5.41, 5.74) is 0. The third-order valence-electron chi connectivity index (χ3n) is 3.16. The molecule has 1 unspecified atom stereocenters. The van der Waals surface area contributed by atoms with Crippen molar-refractivity contribution in [3.05, 3.63) is 12.2 Å². The van der Waals surface area contributed by atoms with E-state index in [0.717, 1.165) is 24.8 Å². The third-order valence-corrected chi connectivity index (χ3v) is 6.16. The highest BCUT2D eigenvalue weighted by Gasteiger charge is 2.15. The molecule has 1 fully saturated rings. The molecule has 0 aromatic rings. The van der Waals surface area contributed by atoms with Crippen LogP contribution in [-0.2, 0) is 14.4 Å². The second kappa shape index (κ2) is 15.1. The number of nitrogens with one attached hydrogen (secondary N) is 1. The average molecular weight is 393 g/mol. The Hall–Kier alpha value is -1.19. The summed E-state index contributed by atoms with van der Waals surface area (Å²) in [7, 11) is 8.06. The van der Waals surface area contributed by atoms with Gasteiger partial charge in [-0.15, -0.1) is 0 Å². The Morgan fingerprint density at radius 2 is 1.80 bits per heavy atom. The van der Waals surface area contributed by atoms with Crippen molar-refractivity contribution in [3.8, 4) is 0 Å². The van der Waals surface area contributed by atoms with Gasteiger partial charge < -0.3 is 20.4 Å². The fourth-order valence-corrected chi connectivity index (χ4v) is 4.90. The van der Waals surface area contributed by atoms with Gasteiger partial charge in [0.1, 0.15) is 0 Å². The van der Waals surface area contributed by atoms with Crippen LogP contribution in [0.5, 0.6) is 0 Å². The molecule has 0 radical (unpaired) electrons. The number of carbonyl (C=O) groups excluding carboxylic acids is 1. The lowest BCUT2D eigenvalue weighted by Gasteiger charge is -2.10. The Labute approximate surface area is 157 Å². The Morgan fingerprint density at radius 1 is 1.16 bits per heavy atom. The highest BCUT2D eigenvalue weighted by molar-refractivity contribution is 8.77. The minimum Gasteiger partial charge on any atom is -0.478 e. The Kier molecular flexibility index (Phi) is 14.4. The average Bonchev–Trinajstić information content (AvgIpc) is 3.03. The van der Waals surface area contributed by atoms with Crippen molar-refractivity contribution in [2.45, 2.75) is 37.4 Å². The number of carbonyl (C=O) groups is 3. The first-order valence-electron chi connectivity index (χ1n) is 8.15.